The van der Waals surface area contributed by atoms with Crippen LogP contribution >= 0.6 is 0 Å². The van der Waals surface area contributed by atoms with E-state index in [1.807, 2.05) is 23.1 Å². The molecular formula is C17H23NO3. The van der Waals surface area contributed by atoms with Crippen molar-refractivity contribution in [1.29, 1.82) is 0 Å². The average molecular weight is 289 g/mol. The van der Waals surface area contributed by atoms with Crippen LogP contribution in [-0.2, 0) is 16.0 Å². The van der Waals surface area contributed by atoms with Crippen LogP contribution in [0.2, 0.25) is 0 Å². The Kier molecular flexibility index (Phi) is 4.44. The zero-order valence-corrected chi connectivity index (χ0v) is 12.6. The predicted molar refractivity (Wildman–Crippen MR) is 80.4 cm³/mol. The molecule has 0 spiro atoms. The third kappa shape index (κ3) is 3.38. The Hall–Kier alpha value is -1.55. The van der Waals surface area contributed by atoms with E-state index in [9.17, 15) is 4.79 Å². The first-order valence-corrected chi connectivity index (χ1v) is 7.86. The lowest BCUT2D eigenvalue weighted by atomic mass is 10.0. The van der Waals surface area contributed by atoms with E-state index in [1.54, 1.807) is 0 Å². The van der Waals surface area contributed by atoms with Crippen LogP contribution in [0, 0.1) is 5.92 Å². The zero-order chi connectivity index (χ0) is 14.7. The standard InChI is InChI=1S/C17H23NO3/c1-2-14-5-3-4-6-16(14)21-15-10-18(11-15)17(19)9-13-7-8-20-12-13/h3-6,13,15H,2,7-12H2,1H3/t13-/m0/s1. The van der Waals surface area contributed by atoms with Crippen molar-refractivity contribution in [2.75, 3.05) is 26.3 Å². The molecule has 0 saturated carbocycles. The van der Waals surface area contributed by atoms with Gasteiger partial charge in [0.1, 0.15) is 11.9 Å². The lowest BCUT2D eigenvalue weighted by Gasteiger charge is -2.39. The Morgan fingerprint density at radius 1 is 1.38 bits per heavy atom. The van der Waals surface area contributed by atoms with Crippen molar-refractivity contribution in [1.82, 2.24) is 4.90 Å². The number of rotatable bonds is 5. The Labute approximate surface area is 126 Å². The summed E-state index contributed by atoms with van der Waals surface area (Å²) in [6.07, 6.45) is 2.75. The van der Waals surface area contributed by atoms with Gasteiger partial charge in [-0.05, 0) is 30.4 Å². The van der Waals surface area contributed by atoms with Crippen LogP contribution < -0.4 is 4.74 Å². The molecule has 2 aliphatic rings. The maximum atomic E-state index is 12.1. The molecule has 2 heterocycles. The summed E-state index contributed by atoms with van der Waals surface area (Å²) in [7, 11) is 0. The number of hydrogen-bond donors (Lipinski definition) is 0. The third-order valence-corrected chi connectivity index (χ3v) is 4.34. The van der Waals surface area contributed by atoms with E-state index in [2.05, 4.69) is 13.0 Å². The summed E-state index contributed by atoms with van der Waals surface area (Å²) in [5, 5.41) is 0. The van der Waals surface area contributed by atoms with Crippen LogP contribution in [0.5, 0.6) is 5.75 Å². The molecule has 2 aliphatic heterocycles. The quantitative estimate of drug-likeness (QED) is 0.834. The maximum Gasteiger partial charge on any atom is 0.223 e. The summed E-state index contributed by atoms with van der Waals surface area (Å²) in [4.78, 5) is 14.0. The van der Waals surface area contributed by atoms with E-state index >= 15 is 0 Å². The molecule has 1 aromatic rings. The number of para-hydroxylation sites is 1. The minimum absolute atomic E-state index is 0.140. The number of carbonyl (C=O) groups is 1. The highest BCUT2D eigenvalue weighted by Gasteiger charge is 2.33. The van der Waals surface area contributed by atoms with Gasteiger partial charge in [0, 0.05) is 19.6 Å². The van der Waals surface area contributed by atoms with E-state index in [0.717, 1.165) is 31.8 Å². The van der Waals surface area contributed by atoms with Crippen molar-refractivity contribution in [2.24, 2.45) is 5.92 Å². The smallest absolute Gasteiger partial charge is 0.223 e. The molecule has 21 heavy (non-hydrogen) atoms. The van der Waals surface area contributed by atoms with Crippen LogP contribution in [-0.4, -0.2) is 43.2 Å². The fourth-order valence-corrected chi connectivity index (χ4v) is 2.93. The Morgan fingerprint density at radius 3 is 2.90 bits per heavy atom. The van der Waals surface area contributed by atoms with Gasteiger partial charge in [0.2, 0.25) is 5.91 Å². The average Bonchev–Trinajstić information content (AvgIpc) is 2.95. The number of amides is 1. The second-order valence-corrected chi connectivity index (χ2v) is 5.93. The number of likely N-dealkylation sites (tertiary alicyclic amines) is 1. The topological polar surface area (TPSA) is 38.8 Å². The molecule has 0 N–H and O–H groups in total. The summed E-state index contributed by atoms with van der Waals surface area (Å²) in [6.45, 7) is 5.10. The van der Waals surface area contributed by atoms with Gasteiger partial charge in [-0.15, -0.1) is 0 Å². The van der Waals surface area contributed by atoms with Gasteiger partial charge in [-0.3, -0.25) is 4.79 Å². The highest BCUT2D eigenvalue weighted by Crippen LogP contribution is 2.24. The van der Waals surface area contributed by atoms with Crippen molar-refractivity contribution in [2.45, 2.75) is 32.3 Å². The summed E-state index contributed by atoms with van der Waals surface area (Å²) in [6, 6.07) is 8.14. The first kappa shape index (κ1) is 14.4. The predicted octanol–water partition coefficient (Wildman–Crippen LogP) is 2.27. The van der Waals surface area contributed by atoms with E-state index in [0.29, 0.717) is 25.4 Å². The lowest BCUT2D eigenvalue weighted by Crippen LogP contribution is -2.56. The summed E-state index contributed by atoms with van der Waals surface area (Å²) < 4.78 is 11.3. The number of benzene rings is 1. The number of ether oxygens (including phenoxy) is 2. The van der Waals surface area contributed by atoms with E-state index in [4.69, 9.17) is 9.47 Å². The number of carbonyl (C=O) groups excluding carboxylic acids is 1. The molecule has 1 aromatic carbocycles. The van der Waals surface area contributed by atoms with Gasteiger partial charge in [0.25, 0.3) is 0 Å². The summed E-state index contributed by atoms with van der Waals surface area (Å²) in [5.41, 5.74) is 1.23. The van der Waals surface area contributed by atoms with Crippen molar-refractivity contribution >= 4 is 5.91 Å². The molecule has 3 rings (SSSR count). The lowest BCUT2D eigenvalue weighted by molar-refractivity contribution is -0.141. The van der Waals surface area contributed by atoms with E-state index in [-0.39, 0.29) is 12.0 Å². The van der Waals surface area contributed by atoms with Crippen LogP contribution in [0.3, 0.4) is 0 Å². The highest BCUT2D eigenvalue weighted by molar-refractivity contribution is 5.77. The second kappa shape index (κ2) is 6.48. The van der Waals surface area contributed by atoms with Crippen LogP contribution in [0.25, 0.3) is 0 Å². The Balaban J connectivity index is 1.46. The van der Waals surface area contributed by atoms with Crippen LogP contribution in [0.1, 0.15) is 25.3 Å². The van der Waals surface area contributed by atoms with Crippen LogP contribution in [0.4, 0.5) is 0 Å². The third-order valence-electron chi connectivity index (χ3n) is 4.34. The summed E-state index contributed by atoms with van der Waals surface area (Å²) in [5.74, 6) is 1.62. The fraction of sp³-hybridized carbons (Fsp3) is 0.588. The van der Waals surface area contributed by atoms with Crippen molar-refractivity contribution in [3.63, 3.8) is 0 Å². The van der Waals surface area contributed by atoms with Crippen molar-refractivity contribution in [3.8, 4) is 5.75 Å². The first-order valence-electron chi connectivity index (χ1n) is 7.86. The Morgan fingerprint density at radius 2 is 2.19 bits per heavy atom. The number of hydrogen-bond acceptors (Lipinski definition) is 3. The molecule has 4 nitrogen and oxygen atoms in total. The molecule has 0 radical (unpaired) electrons. The van der Waals surface area contributed by atoms with Crippen LogP contribution in [0.15, 0.2) is 24.3 Å². The van der Waals surface area contributed by atoms with Gasteiger partial charge in [-0.2, -0.15) is 0 Å². The maximum absolute atomic E-state index is 12.1. The molecular weight excluding hydrogens is 266 g/mol. The molecule has 114 valence electrons. The molecule has 2 saturated heterocycles. The number of nitrogens with zero attached hydrogens (tertiary/aromatic N) is 1. The van der Waals surface area contributed by atoms with Gasteiger partial charge in [-0.1, -0.05) is 25.1 Å². The van der Waals surface area contributed by atoms with Gasteiger partial charge in [0.05, 0.1) is 13.1 Å². The minimum atomic E-state index is 0.140. The highest BCUT2D eigenvalue weighted by atomic mass is 16.5. The largest absolute Gasteiger partial charge is 0.486 e. The molecule has 0 aromatic heterocycles. The van der Waals surface area contributed by atoms with Gasteiger partial charge in [-0.25, -0.2) is 0 Å². The molecule has 0 aliphatic carbocycles. The zero-order valence-electron chi connectivity index (χ0n) is 12.6. The molecule has 2 fully saturated rings. The Bertz CT molecular complexity index is 491. The molecule has 1 amide bonds. The molecule has 0 bridgehead atoms. The SMILES string of the molecule is CCc1ccccc1OC1CN(C(=O)C[C@@H]2CCOC2)C1. The monoisotopic (exact) mass is 289 g/mol. The van der Waals surface area contributed by atoms with E-state index in [1.165, 1.54) is 5.56 Å². The van der Waals surface area contributed by atoms with Gasteiger partial charge >= 0.3 is 0 Å². The number of aryl methyl sites for hydroxylation is 1. The minimum Gasteiger partial charge on any atom is -0.486 e. The molecule has 0 unspecified atom stereocenters. The fourth-order valence-electron chi connectivity index (χ4n) is 2.93. The second-order valence-electron chi connectivity index (χ2n) is 5.93. The van der Waals surface area contributed by atoms with Gasteiger partial charge in [0.15, 0.2) is 0 Å². The summed E-state index contributed by atoms with van der Waals surface area (Å²) >= 11 is 0. The van der Waals surface area contributed by atoms with Crippen molar-refractivity contribution < 1.29 is 14.3 Å². The first-order chi connectivity index (χ1) is 10.3. The molecule has 1 atom stereocenters. The molecule has 4 heteroatoms. The van der Waals surface area contributed by atoms with E-state index < -0.39 is 0 Å². The van der Waals surface area contributed by atoms with Crippen molar-refractivity contribution in [3.05, 3.63) is 29.8 Å². The normalized spacial score (nSPS) is 22.1. The van der Waals surface area contributed by atoms with Gasteiger partial charge < -0.3 is 14.4 Å².